The topological polar surface area (TPSA) is 109 Å². The fraction of sp³-hybridized carbons (Fsp3) is 0.125. The first-order valence-corrected chi connectivity index (χ1v) is 7.31. The molecule has 0 aliphatic carbocycles. The van der Waals surface area contributed by atoms with Gasteiger partial charge in [0, 0.05) is 5.56 Å². The van der Waals surface area contributed by atoms with E-state index in [1.807, 2.05) is 0 Å². The maximum Gasteiger partial charge on any atom is 0.437 e. The molecule has 0 radical (unpaired) electrons. The zero-order chi connectivity index (χ0) is 17.2. The zero-order valence-corrected chi connectivity index (χ0v) is 13.1. The highest BCUT2D eigenvalue weighted by Gasteiger charge is 2.16. The molecule has 3 heterocycles. The van der Waals surface area contributed by atoms with Crippen molar-refractivity contribution in [2.75, 3.05) is 7.11 Å². The third-order valence-electron chi connectivity index (χ3n) is 3.43. The fourth-order valence-electron chi connectivity index (χ4n) is 2.20. The molecule has 4 rings (SSSR count). The van der Waals surface area contributed by atoms with Gasteiger partial charge in [-0.15, -0.1) is 15.3 Å². The summed E-state index contributed by atoms with van der Waals surface area (Å²) in [7, 11) is 1.59. The summed E-state index contributed by atoms with van der Waals surface area (Å²) in [5, 5.41) is 12.0. The quantitative estimate of drug-likeness (QED) is 0.544. The molecular formula is C16H12N4O5. The molecule has 9 nitrogen and oxygen atoms in total. The SMILES string of the molecule is COc1ccc(-c2nnc(Cn3nc(-c4ccco4)oc3=O)o2)cc1. The summed E-state index contributed by atoms with van der Waals surface area (Å²) < 4.78 is 22.0. The van der Waals surface area contributed by atoms with E-state index in [2.05, 4.69) is 15.3 Å². The number of benzene rings is 1. The number of furan rings is 1. The highest BCUT2D eigenvalue weighted by molar-refractivity contribution is 5.53. The molecule has 0 unspecified atom stereocenters. The minimum Gasteiger partial charge on any atom is -0.497 e. The molecule has 4 aromatic rings. The van der Waals surface area contributed by atoms with Gasteiger partial charge in [0.25, 0.3) is 5.89 Å². The molecule has 1 aromatic carbocycles. The van der Waals surface area contributed by atoms with Gasteiger partial charge in [-0.1, -0.05) is 0 Å². The van der Waals surface area contributed by atoms with Gasteiger partial charge < -0.3 is 18.0 Å². The normalized spacial score (nSPS) is 10.9. The van der Waals surface area contributed by atoms with Crippen LogP contribution in [0.3, 0.4) is 0 Å². The Labute approximate surface area is 140 Å². The van der Waals surface area contributed by atoms with Crippen LogP contribution < -0.4 is 10.5 Å². The van der Waals surface area contributed by atoms with E-state index < -0.39 is 5.76 Å². The molecule has 3 aromatic heterocycles. The molecule has 0 fully saturated rings. The highest BCUT2D eigenvalue weighted by Crippen LogP contribution is 2.21. The number of nitrogens with zero attached hydrogens (tertiary/aromatic N) is 4. The minimum atomic E-state index is -0.643. The Morgan fingerprint density at radius 2 is 1.92 bits per heavy atom. The number of aromatic nitrogens is 4. The van der Waals surface area contributed by atoms with Gasteiger partial charge in [-0.25, -0.2) is 4.79 Å². The van der Waals surface area contributed by atoms with Crippen molar-refractivity contribution in [2.24, 2.45) is 0 Å². The van der Waals surface area contributed by atoms with E-state index in [0.29, 0.717) is 11.7 Å². The van der Waals surface area contributed by atoms with Crippen LogP contribution >= 0.6 is 0 Å². The molecule has 0 amide bonds. The van der Waals surface area contributed by atoms with Crippen molar-refractivity contribution >= 4 is 0 Å². The molecule has 0 spiro atoms. The summed E-state index contributed by atoms with van der Waals surface area (Å²) in [6, 6.07) is 10.5. The summed E-state index contributed by atoms with van der Waals surface area (Å²) in [5.74, 6) is 1.09. The lowest BCUT2D eigenvalue weighted by molar-refractivity contribution is 0.414. The van der Waals surface area contributed by atoms with Gasteiger partial charge in [-0.2, -0.15) is 4.68 Å². The van der Waals surface area contributed by atoms with E-state index in [1.165, 1.54) is 6.26 Å². The Hall–Kier alpha value is -3.62. The van der Waals surface area contributed by atoms with Crippen LogP contribution in [0.25, 0.3) is 23.1 Å². The lowest BCUT2D eigenvalue weighted by Gasteiger charge is -1.99. The lowest BCUT2D eigenvalue weighted by Crippen LogP contribution is -2.16. The predicted octanol–water partition coefficient (Wildman–Crippen LogP) is 2.20. The average Bonchev–Trinajstić information content (AvgIpc) is 3.37. The maximum absolute atomic E-state index is 11.9. The Balaban J connectivity index is 1.56. The molecule has 0 saturated carbocycles. The van der Waals surface area contributed by atoms with Crippen LogP contribution in [-0.4, -0.2) is 27.1 Å². The number of hydrogen-bond acceptors (Lipinski definition) is 8. The molecule has 0 saturated heterocycles. The van der Waals surface area contributed by atoms with Crippen LogP contribution in [0.5, 0.6) is 5.75 Å². The van der Waals surface area contributed by atoms with E-state index in [4.69, 9.17) is 18.0 Å². The summed E-state index contributed by atoms with van der Waals surface area (Å²) in [6.07, 6.45) is 1.47. The van der Waals surface area contributed by atoms with Gasteiger partial charge in [0.15, 0.2) is 5.76 Å². The summed E-state index contributed by atoms with van der Waals surface area (Å²) >= 11 is 0. The lowest BCUT2D eigenvalue weighted by atomic mass is 10.2. The van der Waals surface area contributed by atoms with Gasteiger partial charge in [-0.3, -0.25) is 0 Å². The van der Waals surface area contributed by atoms with Gasteiger partial charge >= 0.3 is 5.76 Å². The maximum atomic E-state index is 11.9. The Morgan fingerprint density at radius 1 is 1.08 bits per heavy atom. The number of rotatable bonds is 5. The van der Waals surface area contributed by atoms with E-state index in [1.54, 1.807) is 43.5 Å². The van der Waals surface area contributed by atoms with E-state index in [0.717, 1.165) is 16.0 Å². The first kappa shape index (κ1) is 14.9. The van der Waals surface area contributed by atoms with Crippen molar-refractivity contribution in [2.45, 2.75) is 6.54 Å². The zero-order valence-electron chi connectivity index (χ0n) is 13.1. The van der Waals surface area contributed by atoms with Crippen molar-refractivity contribution in [1.82, 2.24) is 20.0 Å². The van der Waals surface area contributed by atoms with Crippen LogP contribution in [0.4, 0.5) is 0 Å². The van der Waals surface area contributed by atoms with Crippen molar-refractivity contribution in [3.05, 3.63) is 59.1 Å². The number of methoxy groups -OCH3 is 1. The van der Waals surface area contributed by atoms with Crippen LogP contribution in [0.15, 0.2) is 60.7 Å². The van der Waals surface area contributed by atoms with E-state index in [9.17, 15) is 4.79 Å². The molecule has 9 heteroatoms. The standard InChI is InChI=1S/C16H12N4O5/c1-22-11-6-4-10(5-7-11)14-18-17-13(24-14)9-20-16(21)25-15(19-20)12-3-2-8-23-12/h2-8H,9H2,1H3. The minimum absolute atomic E-state index is 0.00774. The fourth-order valence-corrected chi connectivity index (χ4v) is 2.20. The molecule has 0 bridgehead atoms. The van der Waals surface area contributed by atoms with Crippen molar-refractivity contribution in [1.29, 1.82) is 0 Å². The van der Waals surface area contributed by atoms with Crippen LogP contribution in [0.2, 0.25) is 0 Å². The number of hydrogen-bond donors (Lipinski definition) is 0. The summed E-state index contributed by atoms with van der Waals surface area (Å²) in [6.45, 7) is -0.00774. The molecule has 0 aliphatic heterocycles. The monoisotopic (exact) mass is 340 g/mol. The second-order valence-corrected chi connectivity index (χ2v) is 5.04. The van der Waals surface area contributed by atoms with Crippen LogP contribution in [-0.2, 0) is 6.54 Å². The smallest absolute Gasteiger partial charge is 0.437 e. The highest BCUT2D eigenvalue weighted by atomic mass is 16.5. The average molecular weight is 340 g/mol. The van der Waals surface area contributed by atoms with Gasteiger partial charge in [0.1, 0.15) is 12.3 Å². The van der Waals surface area contributed by atoms with Crippen molar-refractivity contribution in [3.8, 4) is 28.9 Å². The summed E-state index contributed by atoms with van der Waals surface area (Å²) in [4.78, 5) is 11.9. The van der Waals surface area contributed by atoms with Crippen LogP contribution in [0.1, 0.15) is 5.89 Å². The third-order valence-corrected chi connectivity index (χ3v) is 3.43. The molecule has 126 valence electrons. The van der Waals surface area contributed by atoms with E-state index >= 15 is 0 Å². The predicted molar refractivity (Wildman–Crippen MR) is 83.9 cm³/mol. The molecule has 0 aliphatic rings. The number of ether oxygens (including phenoxy) is 1. The van der Waals surface area contributed by atoms with E-state index in [-0.39, 0.29) is 18.3 Å². The Morgan fingerprint density at radius 3 is 2.64 bits per heavy atom. The van der Waals surface area contributed by atoms with Crippen molar-refractivity contribution in [3.63, 3.8) is 0 Å². The Bertz CT molecular complexity index is 1030. The third kappa shape index (κ3) is 2.94. The molecule has 0 atom stereocenters. The van der Waals surface area contributed by atoms with Gasteiger partial charge in [-0.05, 0) is 36.4 Å². The molecular weight excluding hydrogens is 328 g/mol. The van der Waals surface area contributed by atoms with Gasteiger partial charge in [0.2, 0.25) is 11.8 Å². The summed E-state index contributed by atoms with van der Waals surface area (Å²) in [5.41, 5.74) is 0.739. The first-order valence-electron chi connectivity index (χ1n) is 7.31. The molecule has 25 heavy (non-hydrogen) atoms. The van der Waals surface area contributed by atoms with Crippen LogP contribution in [0, 0.1) is 0 Å². The second-order valence-electron chi connectivity index (χ2n) is 5.04. The van der Waals surface area contributed by atoms with Crippen molar-refractivity contribution < 1.29 is 18.0 Å². The molecule has 0 N–H and O–H groups in total. The Kier molecular flexibility index (Phi) is 3.65. The largest absolute Gasteiger partial charge is 0.497 e. The van der Waals surface area contributed by atoms with Gasteiger partial charge in [0.05, 0.1) is 13.4 Å². The first-order chi connectivity index (χ1) is 12.2. The second kappa shape index (κ2) is 6.11.